The van der Waals surface area contributed by atoms with Gasteiger partial charge in [0.15, 0.2) is 29.8 Å². The molecule has 4 unspecified atom stereocenters. The lowest BCUT2D eigenvalue weighted by Gasteiger charge is -2.26. The zero-order chi connectivity index (χ0) is 38.4. The third-order valence-electron chi connectivity index (χ3n) is 7.37. The molecule has 2 fully saturated rings. The number of nitrogens with zero attached hydrogens (tertiary/aromatic N) is 5. The number of imidazole rings is 1. The summed E-state index contributed by atoms with van der Waals surface area (Å²) in [5, 5.41) is 21.0. The summed E-state index contributed by atoms with van der Waals surface area (Å²) in [4.78, 5) is 85.8. The van der Waals surface area contributed by atoms with Crippen molar-refractivity contribution < 1.29 is 85.0 Å². The van der Waals surface area contributed by atoms with Crippen LogP contribution in [0.5, 0.6) is 0 Å². The van der Waals surface area contributed by atoms with Crippen LogP contribution in [-0.2, 0) is 50.4 Å². The Bertz CT molecular complexity index is 2090. The molecule has 0 amide bonds. The number of fused-ring (bicyclic) bond motifs is 1. The first-order chi connectivity index (χ1) is 24.1. The largest absolute Gasteiger partial charge is 0.476 e. The molecule has 2 saturated heterocycles. The van der Waals surface area contributed by atoms with E-state index in [0.717, 1.165) is 30.3 Å². The molecule has 0 aromatic carbocycles. The molecule has 11 atom stereocenters. The number of methoxy groups -OCH3 is 1. The highest BCUT2D eigenvalue weighted by Crippen LogP contribution is 2.65. The van der Waals surface area contributed by atoms with Crippen molar-refractivity contribution in [2.45, 2.75) is 49.1 Å². The summed E-state index contributed by atoms with van der Waals surface area (Å²) in [6.45, 7) is -2.02. The van der Waals surface area contributed by atoms with Crippen molar-refractivity contribution in [3.63, 3.8) is 0 Å². The summed E-state index contributed by atoms with van der Waals surface area (Å²) >= 11 is 0. The third kappa shape index (κ3) is 9.36. The van der Waals surface area contributed by atoms with Gasteiger partial charge in [-0.2, -0.15) is 0 Å². The minimum atomic E-state index is -5.59. The Labute approximate surface area is 288 Å². The number of hydrogen-bond acceptors (Lipinski definition) is 19. The molecule has 10 N–H and O–H groups in total. The summed E-state index contributed by atoms with van der Waals surface area (Å²) < 4.78 is 86.8. The zero-order valence-electron chi connectivity index (χ0n) is 26.1. The fraction of sp³-hybridized carbons (Fsp3) is 0.571. The fourth-order valence-corrected chi connectivity index (χ4v) is 10.7. The normalized spacial score (nSPS) is 30.2. The average molecular weight is 825 g/mol. The standard InChI is InChI=1S/C21H31N7O20P4/c1-42-16-15(47-52(40,41)44-4-9-13(30)14(31)19(45-9)27-3-2-11(29)26-21(27)32)10(5-43-49(33,34)8-50(35,36)48-51(37,38)39)46-20(16)28-7-25-12-17(22)23-6-24-18(12)28/h2-3,6-7,9-10,13-16,19-20,30-31H,4-5,8H2,1H3,(H,33,34)(H,35,36)(H,40,41)(H2,22,23,24)(H,26,29,32)(H2,37,38,39)/t9-,10?,13-,14-,15-,16-,19-,20-/m1/s1. The molecule has 290 valence electrons. The van der Waals surface area contributed by atoms with E-state index in [9.17, 15) is 52.7 Å². The molecule has 2 aliphatic heterocycles. The predicted octanol–water partition coefficient (Wildman–Crippen LogP) is -2.55. The topological polar surface area (TPSA) is 399 Å². The zero-order valence-corrected chi connectivity index (χ0v) is 29.7. The van der Waals surface area contributed by atoms with Crippen molar-refractivity contribution in [3.8, 4) is 0 Å². The van der Waals surface area contributed by atoms with E-state index in [1.807, 2.05) is 4.98 Å². The van der Waals surface area contributed by atoms with E-state index in [-0.39, 0.29) is 17.0 Å². The number of nitrogens with two attached hydrogens (primary N) is 1. The Morgan fingerprint density at radius 2 is 1.56 bits per heavy atom. The molecule has 0 radical (unpaired) electrons. The van der Waals surface area contributed by atoms with Crippen molar-refractivity contribution in [2.75, 3.05) is 32.0 Å². The number of aromatic amines is 1. The minimum Gasteiger partial charge on any atom is -0.387 e. The van der Waals surface area contributed by atoms with E-state index in [2.05, 4.69) is 19.3 Å². The number of nitrogens with one attached hydrogen (secondary N) is 1. The van der Waals surface area contributed by atoms with Crippen molar-refractivity contribution in [2.24, 2.45) is 0 Å². The number of phosphoric ester groups is 1. The molecular weight excluding hydrogens is 794 g/mol. The molecule has 0 spiro atoms. The van der Waals surface area contributed by atoms with Gasteiger partial charge in [0.1, 0.15) is 48.5 Å². The van der Waals surface area contributed by atoms with E-state index in [1.165, 1.54) is 10.9 Å². The molecule has 52 heavy (non-hydrogen) atoms. The Hall–Kier alpha value is -2.61. The lowest BCUT2D eigenvalue weighted by Crippen LogP contribution is -2.38. The maximum atomic E-state index is 13.3. The number of ether oxygens (including phenoxy) is 3. The maximum absolute atomic E-state index is 13.3. The van der Waals surface area contributed by atoms with Gasteiger partial charge in [0.2, 0.25) is 0 Å². The first-order valence-electron chi connectivity index (χ1n) is 14.3. The smallest absolute Gasteiger partial charge is 0.387 e. The number of rotatable bonds is 15. The van der Waals surface area contributed by atoms with E-state index in [4.69, 9.17) is 43.3 Å². The molecule has 5 heterocycles. The molecule has 2 aliphatic rings. The van der Waals surface area contributed by atoms with Crippen LogP contribution < -0.4 is 17.0 Å². The highest BCUT2D eigenvalue weighted by atomic mass is 31.3. The number of phosphoric acid groups is 2. The Morgan fingerprint density at radius 1 is 0.885 bits per heavy atom. The second kappa shape index (κ2) is 15.3. The highest BCUT2D eigenvalue weighted by molar-refractivity contribution is 7.74. The van der Waals surface area contributed by atoms with Crippen molar-refractivity contribution in [3.05, 3.63) is 45.8 Å². The first kappa shape index (κ1) is 40.6. The summed E-state index contributed by atoms with van der Waals surface area (Å²) in [7, 11) is -20.5. The third-order valence-corrected chi connectivity index (χ3v) is 13.6. The van der Waals surface area contributed by atoms with Gasteiger partial charge in [-0.3, -0.25) is 37.1 Å². The van der Waals surface area contributed by atoms with Crippen molar-refractivity contribution in [1.82, 2.24) is 29.1 Å². The number of aliphatic hydroxyl groups is 2. The Balaban J connectivity index is 1.36. The number of nitrogen functional groups attached to an aromatic ring is 1. The van der Waals surface area contributed by atoms with Crippen LogP contribution in [-0.4, -0.2) is 127 Å². The number of hydrogen-bond donors (Lipinski definition) is 9. The van der Waals surface area contributed by atoms with Crippen LogP contribution in [0.15, 0.2) is 34.5 Å². The number of anilines is 1. The first-order valence-corrected chi connectivity index (χ1v) is 20.8. The van der Waals surface area contributed by atoms with Crippen LogP contribution in [0.4, 0.5) is 5.82 Å². The molecule has 0 saturated carbocycles. The molecule has 5 rings (SSSR count). The Kier molecular flexibility index (Phi) is 11.9. The lowest BCUT2D eigenvalue weighted by atomic mass is 10.1. The summed E-state index contributed by atoms with van der Waals surface area (Å²) in [6.07, 6.45) is -9.72. The van der Waals surface area contributed by atoms with Gasteiger partial charge in [-0.25, -0.2) is 33.2 Å². The number of aliphatic hydroxyl groups excluding tert-OH is 2. The molecule has 27 nitrogen and oxygen atoms in total. The molecule has 0 aliphatic carbocycles. The van der Waals surface area contributed by atoms with Crippen LogP contribution in [0.3, 0.4) is 0 Å². The average Bonchev–Trinajstić information content (AvgIpc) is 3.67. The van der Waals surface area contributed by atoms with Crippen LogP contribution in [0, 0.1) is 0 Å². The summed E-state index contributed by atoms with van der Waals surface area (Å²) in [5.41, 5.74) is 4.25. The quantitative estimate of drug-likeness (QED) is 0.0712. The summed E-state index contributed by atoms with van der Waals surface area (Å²) in [5.74, 6) is -1.84. The van der Waals surface area contributed by atoms with E-state index in [1.54, 1.807) is 0 Å². The SMILES string of the molecule is CO[C@@H]1[C@H](OP(=O)(O)OC[C@H]2O[C@@H](n3ccc(=O)[nH]c3=O)[C@H](O)[C@@H]2O)C(COP(=O)(O)CP(=O)(O)OP(=O)(O)O)O[C@H]1n1cnc2c(N)ncnc21. The van der Waals surface area contributed by atoms with Crippen molar-refractivity contribution >= 4 is 47.8 Å². The molecule has 3 aromatic heterocycles. The van der Waals surface area contributed by atoms with Crippen LogP contribution in [0.25, 0.3) is 11.2 Å². The van der Waals surface area contributed by atoms with Gasteiger partial charge >= 0.3 is 36.5 Å². The second-order valence-electron chi connectivity index (χ2n) is 11.0. The van der Waals surface area contributed by atoms with Crippen LogP contribution in [0.2, 0.25) is 0 Å². The lowest BCUT2D eigenvalue weighted by molar-refractivity contribution is -0.0609. The Morgan fingerprint density at radius 3 is 2.21 bits per heavy atom. The number of aromatic nitrogens is 6. The number of H-pyrrole nitrogens is 1. The molecule has 31 heteroatoms. The molecular formula is C21H31N7O20P4. The second-order valence-corrected chi connectivity index (χ2v) is 18.0. The van der Waals surface area contributed by atoms with E-state index >= 15 is 0 Å². The molecule has 0 bridgehead atoms. The van der Waals surface area contributed by atoms with Gasteiger partial charge in [0, 0.05) is 19.4 Å². The van der Waals surface area contributed by atoms with Gasteiger partial charge in [-0.15, -0.1) is 0 Å². The van der Waals surface area contributed by atoms with Crippen LogP contribution >= 0.6 is 30.8 Å². The van der Waals surface area contributed by atoms with Crippen LogP contribution in [0.1, 0.15) is 12.5 Å². The van der Waals surface area contributed by atoms with Gasteiger partial charge in [-0.1, -0.05) is 0 Å². The van der Waals surface area contributed by atoms with E-state index < -0.39 is 110 Å². The maximum Gasteiger partial charge on any atom is 0.476 e. The fourth-order valence-electron chi connectivity index (χ4n) is 5.23. The van der Waals surface area contributed by atoms with Gasteiger partial charge in [-0.05, 0) is 0 Å². The summed E-state index contributed by atoms with van der Waals surface area (Å²) in [6, 6.07) is 0.940. The van der Waals surface area contributed by atoms with E-state index in [0.29, 0.717) is 0 Å². The monoisotopic (exact) mass is 825 g/mol. The van der Waals surface area contributed by atoms with Gasteiger partial charge in [0.25, 0.3) is 5.56 Å². The minimum absolute atomic E-state index is 0.0436. The molecule has 3 aromatic rings. The van der Waals surface area contributed by atoms with Gasteiger partial charge < -0.3 is 59.1 Å². The van der Waals surface area contributed by atoms with Crippen molar-refractivity contribution in [1.29, 1.82) is 0 Å². The highest BCUT2D eigenvalue weighted by Gasteiger charge is 2.52. The van der Waals surface area contributed by atoms with Gasteiger partial charge in [0.05, 0.1) is 19.5 Å². The predicted molar refractivity (Wildman–Crippen MR) is 166 cm³/mol.